The largest absolute Gasteiger partial charge is 0.449 e. The summed E-state index contributed by atoms with van der Waals surface area (Å²) in [5.41, 5.74) is 1.37. The lowest BCUT2D eigenvalue weighted by Gasteiger charge is -2.14. The first-order valence-corrected chi connectivity index (χ1v) is 6.68. The van der Waals surface area contributed by atoms with E-state index in [0.717, 1.165) is 5.56 Å². The van der Waals surface area contributed by atoms with Crippen molar-refractivity contribution in [3.8, 4) is 0 Å². The van der Waals surface area contributed by atoms with Gasteiger partial charge in [-0.1, -0.05) is 17.7 Å². The number of ether oxygens (including phenoxy) is 1. The van der Waals surface area contributed by atoms with E-state index in [1.54, 1.807) is 38.1 Å². The predicted molar refractivity (Wildman–Crippen MR) is 77.9 cm³/mol. The normalized spacial score (nSPS) is 11.7. The SMILES string of the molecule is Cc1ccc(C(=O)OC(C)C(=O)NC(=O)NC(C)C)cc1. The minimum atomic E-state index is -1.06. The average molecular weight is 292 g/mol. The number of carbonyl (C=O) groups excluding carboxylic acids is 3. The number of hydrogen-bond acceptors (Lipinski definition) is 4. The van der Waals surface area contributed by atoms with E-state index >= 15 is 0 Å². The zero-order chi connectivity index (χ0) is 16.0. The Balaban J connectivity index is 2.53. The van der Waals surface area contributed by atoms with Crippen LogP contribution in [0.2, 0.25) is 0 Å². The maximum Gasteiger partial charge on any atom is 0.338 e. The summed E-state index contributed by atoms with van der Waals surface area (Å²) in [4.78, 5) is 34.9. The molecular weight excluding hydrogens is 272 g/mol. The van der Waals surface area contributed by atoms with Crippen LogP contribution in [0, 0.1) is 6.92 Å². The molecule has 114 valence electrons. The van der Waals surface area contributed by atoms with E-state index in [2.05, 4.69) is 10.6 Å². The summed E-state index contributed by atoms with van der Waals surface area (Å²) in [6.45, 7) is 6.85. The van der Waals surface area contributed by atoms with Crippen molar-refractivity contribution in [2.75, 3.05) is 0 Å². The number of esters is 1. The molecule has 0 aromatic heterocycles. The van der Waals surface area contributed by atoms with Crippen LogP contribution >= 0.6 is 0 Å². The summed E-state index contributed by atoms with van der Waals surface area (Å²) >= 11 is 0. The monoisotopic (exact) mass is 292 g/mol. The average Bonchev–Trinajstić information content (AvgIpc) is 2.38. The molecule has 1 atom stereocenters. The van der Waals surface area contributed by atoms with Gasteiger partial charge in [0.25, 0.3) is 5.91 Å². The van der Waals surface area contributed by atoms with Crippen LogP contribution in [-0.4, -0.2) is 30.1 Å². The van der Waals surface area contributed by atoms with Gasteiger partial charge in [0, 0.05) is 6.04 Å². The lowest BCUT2D eigenvalue weighted by Crippen LogP contribution is -2.46. The van der Waals surface area contributed by atoms with Crippen LogP contribution in [0.4, 0.5) is 4.79 Å². The zero-order valence-corrected chi connectivity index (χ0v) is 12.6. The molecule has 0 radical (unpaired) electrons. The second-order valence-corrected chi connectivity index (χ2v) is 5.03. The van der Waals surface area contributed by atoms with Crippen molar-refractivity contribution in [1.82, 2.24) is 10.6 Å². The van der Waals surface area contributed by atoms with Crippen LogP contribution in [0.5, 0.6) is 0 Å². The van der Waals surface area contributed by atoms with E-state index in [9.17, 15) is 14.4 Å². The fraction of sp³-hybridized carbons (Fsp3) is 0.400. The zero-order valence-electron chi connectivity index (χ0n) is 12.6. The van der Waals surface area contributed by atoms with Crippen LogP contribution in [0.15, 0.2) is 24.3 Å². The van der Waals surface area contributed by atoms with Gasteiger partial charge in [-0.15, -0.1) is 0 Å². The lowest BCUT2D eigenvalue weighted by atomic mass is 10.1. The van der Waals surface area contributed by atoms with E-state index in [4.69, 9.17) is 4.74 Å². The predicted octanol–water partition coefficient (Wildman–Crippen LogP) is 1.77. The topological polar surface area (TPSA) is 84.5 Å². The van der Waals surface area contributed by atoms with E-state index in [0.29, 0.717) is 5.56 Å². The van der Waals surface area contributed by atoms with Crippen LogP contribution in [-0.2, 0) is 9.53 Å². The smallest absolute Gasteiger partial charge is 0.338 e. The highest BCUT2D eigenvalue weighted by Gasteiger charge is 2.20. The Labute approximate surface area is 123 Å². The van der Waals surface area contributed by atoms with Gasteiger partial charge in [-0.3, -0.25) is 10.1 Å². The van der Waals surface area contributed by atoms with Gasteiger partial charge < -0.3 is 10.1 Å². The molecule has 0 heterocycles. The molecule has 6 heteroatoms. The third-order valence-corrected chi connectivity index (χ3v) is 2.60. The molecule has 0 bridgehead atoms. The van der Waals surface area contributed by atoms with E-state index in [1.165, 1.54) is 6.92 Å². The number of aryl methyl sites for hydroxylation is 1. The number of hydrogen-bond donors (Lipinski definition) is 2. The Morgan fingerprint density at radius 3 is 2.14 bits per heavy atom. The highest BCUT2D eigenvalue weighted by Crippen LogP contribution is 2.06. The summed E-state index contributed by atoms with van der Waals surface area (Å²) in [6, 6.07) is 6.08. The molecule has 0 aliphatic heterocycles. The van der Waals surface area contributed by atoms with Crippen molar-refractivity contribution in [3.05, 3.63) is 35.4 Å². The lowest BCUT2D eigenvalue weighted by molar-refractivity contribution is -0.127. The van der Waals surface area contributed by atoms with Crippen molar-refractivity contribution in [1.29, 1.82) is 0 Å². The molecule has 0 spiro atoms. The number of nitrogens with one attached hydrogen (secondary N) is 2. The highest BCUT2D eigenvalue weighted by atomic mass is 16.5. The molecule has 3 amide bonds. The standard InChI is InChI=1S/C15H20N2O4/c1-9(2)16-15(20)17-13(18)11(4)21-14(19)12-7-5-10(3)6-8-12/h5-9,11H,1-4H3,(H2,16,17,18,20). The van der Waals surface area contributed by atoms with E-state index in [-0.39, 0.29) is 6.04 Å². The first-order chi connectivity index (χ1) is 9.79. The molecule has 21 heavy (non-hydrogen) atoms. The molecule has 1 unspecified atom stereocenters. The van der Waals surface area contributed by atoms with E-state index in [1.807, 2.05) is 6.92 Å². The van der Waals surface area contributed by atoms with Crippen molar-refractivity contribution < 1.29 is 19.1 Å². The van der Waals surface area contributed by atoms with Crippen molar-refractivity contribution in [3.63, 3.8) is 0 Å². The number of rotatable bonds is 4. The molecule has 2 N–H and O–H groups in total. The summed E-state index contributed by atoms with van der Waals surface area (Å²) < 4.78 is 5.01. The van der Waals surface area contributed by atoms with Gasteiger partial charge in [-0.25, -0.2) is 9.59 Å². The Morgan fingerprint density at radius 2 is 1.62 bits per heavy atom. The van der Waals surface area contributed by atoms with Crippen LogP contribution in [0.25, 0.3) is 0 Å². The number of benzene rings is 1. The fourth-order valence-electron chi connectivity index (χ4n) is 1.48. The quantitative estimate of drug-likeness (QED) is 0.828. The van der Waals surface area contributed by atoms with Gasteiger partial charge in [0.2, 0.25) is 0 Å². The van der Waals surface area contributed by atoms with Gasteiger partial charge in [-0.05, 0) is 39.8 Å². The van der Waals surface area contributed by atoms with Crippen LogP contribution in [0.3, 0.4) is 0 Å². The second kappa shape index (κ2) is 7.42. The molecular formula is C15H20N2O4. The maximum atomic E-state index is 11.8. The van der Waals surface area contributed by atoms with Crippen LogP contribution < -0.4 is 10.6 Å². The highest BCUT2D eigenvalue weighted by molar-refractivity contribution is 5.98. The first-order valence-electron chi connectivity index (χ1n) is 6.68. The molecule has 0 aliphatic carbocycles. The third kappa shape index (κ3) is 5.64. The Kier molecular flexibility index (Phi) is 5.90. The second-order valence-electron chi connectivity index (χ2n) is 5.03. The number of amides is 3. The molecule has 0 saturated heterocycles. The van der Waals surface area contributed by atoms with Gasteiger partial charge in [-0.2, -0.15) is 0 Å². The van der Waals surface area contributed by atoms with Crippen molar-refractivity contribution in [2.45, 2.75) is 39.8 Å². The number of imide groups is 1. The van der Waals surface area contributed by atoms with Gasteiger partial charge in [0.05, 0.1) is 5.56 Å². The minimum absolute atomic E-state index is 0.0942. The van der Waals surface area contributed by atoms with E-state index < -0.39 is 24.0 Å². The van der Waals surface area contributed by atoms with Gasteiger partial charge >= 0.3 is 12.0 Å². The molecule has 0 saturated carbocycles. The first kappa shape index (κ1) is 16.7. The molecule has 6 nitrogen and oxygen atoms in total. The fourth-order valence-corrected chi connectivity index (χ4v) is 1.48. The molecule has 1 aromatic rings. The van der Waals surface area contributed by atoms with Gasteiger partial charge in [0.1, 0.15) is 0 Å². The molecule has 0 fully saturated rings. The van der Waals surface area contributed by atoms with Crippen molar-refractivity contribution in [2.24, 2.45) is 0 Å². The molecule has 0 aliphatic rings. The number of carbonyl (C=O) groups is 3. The van der Waals surface area contributed by atoms with Crippen LogP contribution in [0.1, 0.15) is 36.7 Å². The Hall–Kier alpha value is -2.37. The summed E-state index contributed by atoms with van der Waals surface area (Å²) in [5, 5.41) is 4.62. The van der Waals surface area contributed by atoms with Gasteiger partial charge in [0.15, 0.2) is 6.10 Å². The molecule has 1 aromatic carbocycles. The summed E-state index contributed by atoms with van der Waals surface area (Å²) in [6.07, 6.45) is -1.06. The maximum absolute atomic E-state index is 11.8. The third-order valence-electron chi connectivity index (χ3n) is 2.60. The minimum Gasteiger partial charge on any atom is -0.449 e. The Morgan fingerprint density at radius 1 is 1.05 bits per heavy atom. The molecule has 1 rings (SSSR count). The van der Waals surface area contributed by atoms with Crippen molar-refractivity contribution >= 4 is 17.9 Å². The summed E-state index contributed by atoms with van der Waals surface area (Å²) in [5.74, 6) is -1.28. The summed E-state index contributed by atoms with van der Waals surface area (Å²) in [7, 11) is 0. The number of urea groups is 1. The Bertz CT molecular complexity index is 523.